The molecule has 2 heterocycles. The van der Waals surface area contributed by atoms with Gasteiger partial charge in [0.15, 0.2) is 9.84 Å². The van der Waals surface area contributed by atoms with E-state index in [2.05, 4.69) is 20.8 Å². The smallest absolute Gasteiger partial charge is 0.321 e. The quantitative estimate of drug-likeness (QED) is 0.869. The Morgan fingerprint density at radius 2 is 2.20 bits per heavy atom. The van der Waals surface area contributed by atoms with Gasteiger partial charge in [-0.05, 0) is 12.3 Å². The minimum atomic E-state index is -2.90. The lowest BCUT2D eigenvalue weighted by molar-refractivity contribution is 0.250. The Morgan fingerprint density at radius 1 is 1.45 bits per heavy atom. The summed E-state index contributed by atoms with van der Waals surface area (Å²) in [5, 5.41) is 14.4. The summed E-state index contributed by atoms with van der Waals surface area (Å²) in [6.07, 6.45) is 0.610. The number of anilines is 1. The molecule has 0 bridgehead atoms. The molecule has 2 rings (SSSR count). The summed E-state index contributed by atoms with van der Waals surface area (Å²) in [5.74, 6) is 0.653. The van der Waals surface area contributed by atoms with Gasteiger partial charge in [0.1, 0.15) is 5.01 Å². The van der Waals surface area contributed by atoms with Gasteiger partial charge < -0.3 is 5.32 Å². The topological polar surface area (TPSA) is 101 Å². The molecule has 0 saturated carbocycles. The summed E-state index contributed by atoms with van der Waals surface area (Å²) in [6.45, 7) is 4.37. The molecule has 1 aliphatic rings. The van der Waals surface area contributed by atoms with E-state index in [1.165, 1.54) is 11.3 Å². The average molecular weight is 318 g/mol. The molecule has 1 aromatic heterocycles. The zero-order chi connectivity index (χ0) is 14.8. The first kappa shape index (κ1) is 15.2. The Labute approximate surface area is 122 Å². The predicted octanol–water partition coefficient (Wildman–Crippen LogP) is 1.22. The van der Waals surface area contributed by atoms with Crippen LogP contribution in [0.3, 0.4) is 0 Å². The molecule has 7 nitrogen and oxygen atoms in total. The van der Waals surface area contributed by atoms with Crippen LogP contribution < -0.4 is 10.6 Å². The minimum absolute atomic E-state index is 0.00592. The second-order valence-corrected chi connectivity index (χ2v) is 8.44. The molecule has 0 aliphatic carbocycles. The van der Waals surface area contributed by atoms with Crippen molar-refractivity contribution in [1.82, 2.24) is 15.5 Å². The second kappa shape index (κ2) is 6.04. The molecule has 112 valence electrons. The molecule has 1 aromatic rings. The third-order valence-corrected chi connectivity index (χ3v) is 6.01. The zero-order valence-electron chi connectivity index (χ0n) is 11.4. The zero-order valence-corrected chi connectivity index (χ0v) is 13.1. The molecule has 0 unspecified atom stereocenters. The molecular formula is C11H18N4O3S2. The first-order chi connectivity index (χ1) is 9.35. The van der Waals surface area contributed by atoms with Crippen molar-refractivity contribution < 1.29 is 13.2 Å². The van der Waals surface area contributed by atoms with Crippen LogP contribution in [0.25, 0.3) is 0 Å². The fourth-order valence-electron chi connectivity index (χ4n) is 1.93. The standard InChI is InChI=1S/C11H18N4O3S2/c1-7(2)9-14-15-11(19-9)13-10(16)12-5-8-3-4-20(17,18)6-8/h7-8H,3-6H2,1-2H3,(H2,12,13,15,16)/t8-/m1/s1. The number of hydrogen-bond donors (Lipinski definition) is 2. The fraction of sp³-hybridized carbons (Fsp3) is 0.727. The number of aromatic nitrogens is 2. The molecule has 1 fully saturated rings. The van der Waals surface area contributed by atoms with Crippen LogP contribution in [0.5, 0.6) is 0 Å². The number of nitrogens with zero attached hydrogens (tertiary/aromatic N) is 2. The Balaban J connectivity index is 1.78. The average Bonchev–Trinajstić information content (AvgIpc) is 2.93. The summed E-state index contributed by atoms with van der Waals surface area (Å²) in [5.41, 5.74) is 0. The van der Waals surface area contributed by atoms with E-state index in [0.717, 1.165) is 5.01 Å². The van der Waals surface area contributed by atoms with Crippen molar-refractivity contribution in [2.45, 2.75) is 26.2 Å². The molecule has 0 spiro atoms. The van der Waals surface area contributed by atoms with Crippen molar-refractivity contribution in [1.29, 1.82) is 0 Å². The van der Waals surface area contributed by atoms with Gasteiger partial charge in [-0.3, -0.25) is 5.32 Å². The first-order valence-electron chi connectivity index (χ1n) is 6.44. The maximum absolute atomic E-state index is 11.7. The molecule has 9 heteroatoms. The Kier molecular flexibility index (Phi) is 4.59. The molecule has 0 radical (unpaired) electrons. The number of rotatable bonds is 4. The highest BCUT2D eigenvalue weighted by Gasteiger charge is 2.27. The molecular weight excluding hydrogens is 300 g/mol. The van der Waals surface area contributed by atoms with E-state index in [0.29, 0.717) is 18.1 Å². The summed E-state index contributed by atoms with van der Waals surface area (Å²) >= 11 is 1.34. The van der Waals surface area contributed by atoms with Gasteiger partial charge in [-0.15, -0.1) is 10.2 Å². The lowest BCUT2D eigenvalue weighted by Gasteiger charge is -2.09. The molecule has 0 aromatic carbocycles. The van der Waals surface area contributed by atoms with Gasteiger partial charge in [-0.25, -0.2) is 13.2 Å². The van der Waals surface area contributed by atoms with Crippen LogP contribution in [0.1, 0.15) is 31.2 Å². The van der Waals surface area contributed by atoms with Crippen molar-refractivity contribution in [2.24, 2.45) is 5.92 Å². The summed E-state index contributed by atoms with van der Waals surface area (Å²) < 4.78 is 22.6. The monoisotopic (exact) mass is 318 g/mol. The third kappa shape index (κ3) is 4.14. The molecule has 20 heavy (non-hydrogen) atoms. The van der Waals surface area contributed by atoms with Crippen LogP contribution in [0.2, 0.25) is 0 Å². The Morgan fingerprint density at radius 3 is 2.75 bits per heavy atom. The third-order valence-electron chi connectivity index (χ3n) is 3.03. The number of urea groups is 1. The highest BCUT2D eigenvalue weighted by atomic mass is 32.2. The van der Waals surface area contributed by atoms with E-state index in [-0.39, 0.29) is 29.4 Å². The fourth-order valence-corrected chi connectivity index (χ4v) is 4.53. The summed E-state index contributed by atoms with van der Waals surface area (Å²) in [4.78, 5) is 11.7. The van der Waals surface area contributed by atoms with Crippen LogP contribution in [-0.2, 0) is 9.84 Å². The SMILES string of the molecule is CC(C)c1nnc(NC(=O)NC[C@H]2CCS(=O)(=O)C2)s1. The normalized spacial score (nSPS) is 21.1. The Hall–Kier alpha value is -1.22. The Bertz CT molecular complexity index is 582. The van der Waals surface area contributed by atoms with E-state index >= 15 is 0 Å². The maximum Gasteiger partial charge on any atom is 0.321 e. The lowest BCUT2D eigenvalue weighted by atomic mass is 10.1. The van der Waals surface area contributed by atoms with E-state index in [1.54, 1.807) is 0 Å². The van der Waals surface area contributed by atoms with Gasteiger partial charge in [0.25, 0.3) is 0 Å². The van der Waals surface area contributed by atoms with Gasteiger partial charge in [0, 0.05) is 12.5 Å². The van der Waals surface area contributed by atoms with Crippen molar-refractivity contribution in [3.8, 4) is 0 Å². The van der Waals surface area contributed by atoms with Crippen LogP contribution >= 0.6 is 11.3 Å². The van der Waals surface area contributed by atoms with Crippen LogP contribution in [0.4, 0.5) is 9.93 Å². The molecule has 1 aliphatic heterocycles. The number of nitrogens with one attached hydrogen (secondary N) is 2. The largest absolute Gasteiger partial charge is 0.337 e. The van der Waals surface area contributed by atoms with Crippen molar-refractivity contribution in [2.75, 3.05) is 23.4 Å². The first-order valence-corrected chi connectivity index (χ1v) is 9.08. The summed E-state index contributed by atoms with van der Waals surface area (Å²) in [7, 11) is -2.90. The number of hydrogen-bond acceptors (Lipinski definition) is 6. The lowest BCUT2D eigenvalue weighted by Crippen LogP contribution is -2.33. The van der Waals surface area contributed by atoms with Crippen molar-refractivity contribution in [3.63, 3.8) is 0 Å². The van der Waals surface area contributed by atoms with Gasteiger partial charge in [-0.2, -0.15) is 0 Å². The van der Waals surface area contributed by atoms with Crippen molar-refractivity contribution in [3.05, 3.63) is 5.01 Å². The van der Waals surface area contributed by atoms with E-state index in [9.17, 15) is 13.2 Å². The van der Waals surface area contributed by atoms with E-state index < -0.39 is 9.84 Å². The molecule has 1 atom stereocenters. The number of amides is 2. The summed E-state index contributed by atoms with van der Waals surface area (Å²) in [6, 6.07) is -0.374. The van der Waals surface area contributed by atoms with Crippen LogP contribution in [0.15, 0.2) is 0 Å². The number of carbonyl (C=O) groups is 1. The van der Waals surface area contributed by atoms with E-state index in [1.807, 2.05) is 13.8 Å². The molecule has 1 saturated heterocycles. The van der Waals surface area contributed by atoms with Crippen molar-refractivity contribution >= 4 is 32.3 Å². The van der Waals surface area contributed by atoms with Gasteiger partial charge in [-0.1, -0.05) is 25.2 Å². The highest BCUT2D eigenvalue weighted by Crippen LogP contribution is 2.22. The van der Waals surface area contributed by atoms with Crippen LogP contribution in [0, 0.1) is 5.92 Å². The molecule has 2 N–H and O–H groups in total. The van der Waals surface area contributed by atoms with E-state index in [4.69, 9.17) is 0 Å². The van der Waals surface area contributed by atoms with Crippen LogP contribution in [-0.4, -0.2) is 42.7 Å². The maximum atomic E-state index is 11.7. The number of carbonyl (C=O) groups excluding carboxylic acids is 1. The highest BCUT2D eigenvalue weighted by molar-refractivity contribution is 7.91. The van der Waals surface area contributed by atoms with Gasteiger partial charge in [0.05, 0.1) is 11.5 Å². The second-order valence-electron chi connectivity index (χ2n) is 5.20. The minimum Gasteiger partial charge on any atom is -0.337 e. The van der Waals surface area contributed by atoms with Gasteiger partial charge >= 0.3 is 6.03 Å². The predicted molar refractivity (Wildman–Crippen MR) is 77.8 cm³/mol. The molecule has 2 amide bonds. The van der Waals surface area contributed by atoms with Gasteiger partial charge in [0.2, 0.25) is 5.13 Å². The number of sulfone groups is 1.